The van der Waals surface area contributed by atoms with Crippen molar-refractivity contribution in [3.8, 4) is 0 Å². The third-order valence-electron chi connectivity index (χ3n) is 3.98. The van der Waals surface area contributed by atoms with Crippen molar-refractivity contribution in [2.24, 2.45) is 11.8 Å². The zero-order chi connectivity index (χ0) is 8.60. The summed E-state index contributed by atoms with van der Waals surface area (Å²) in [6.07, 6.45) is 7.13. The van der Waals surface area contributed by atoms with Gasteiger partial charge in [-0.3, -0.25) is 0 Å². The molecule has 0 radical (unpaired) electrons. The lowest BCUT2D eigenvalue weighted by Crippen LogP contribution is -2.46. The zero-order valence-corrected chi connectivity index (χ0v) is 8.40. The van der Waals surface area contributed by atoms with Gasteiger partial charge in [-0.1, -0.05) is 20.3 Å². The van der Waals surface area contributed by atoms with Gasteiger partial charge >= 0.3 is 0 Å². The van der Waals surface area contributed by atoms with E-state index in [4.69, 9.17) is 0 Å². The summed E-state index contributed by atoms with van der Waals surface area (Å²) in [5, 5.41) is 3.76. The minimum absolute atomic E-state index is 0.567. The number of hydrogen-bond acceptors (Lipinski definition) is 1. The molecule has 1 aliphatic carbocycles. The first-order valence-electron chi connectivity index (χ1n) is 5.47. The van der Waals surface area contributed by atoms with Crippen molar-refractivity contribution in [1.29, 1.82) is 0 Å². The van der Waals surface area contributed by atoms with Crippen LogP contribution >= 0.6 is 0 Å². The monoisotopic (exact) mass is 167 g/mol. The van der Waals surface area contributed by atoms with Gasteiger partial charge in [0.05, 0.1) is 0 Å². The molecular formula is C11H21N. The van der Waals surface area contributed by atoms with E-state index in [-0.39, 0.29) is 0 Å². The Bertz CT molecular complexity index is 146. The van der Waals surface area contributed by atoms with Crippen LogP contribution in [0.25, 0.3) is 0 Å². The third kappa shape index (κ3) is 1.39. The second-order valence-corrected chi connectivity index (χ2v) is 5.03. The summed E-state index contributed by atoms with van der Waals surface area (Å²) >= 11 is 0. The average molecular weight is 167 g/mol. The molecule has 1 aliphatic heterocycles. The normalized spacial score (nSPS) is 40.5. The zero-order valence-electron chi connectivity index (χ0n) is 8.40. The molecule has 2 fully saturated rings. The van der Waals surface area contributed by atoms with Crippen LogP contribution in [0.5, 0.6) is 0 Å². The Morgan fingerprint density at radius 2 is 1.75 bits per heavy atom. The first-order valence-corrected chi connectivity index (χ1v) is 5.47. The number of piperidine rings is 1. The Labute approximate surface area is 75.9 Å². The molecule has 70 valence electrons. The predicted molar refractivity (Wildman–Crippen MR) is 52.1 cm³/mol. The summed E-state index contributed by atoms with van der Waals surface area (Å²) in [5.41, 5.74) is 0.567. The highest BCUT2D eigenvalue weighted by Crippen LogP contribution is 2.42. The maximum absolute atomic E-state index is 3.76. The fourth-order valence-corrected chi connectivity index (χ4v) is 3.10. The fraction of sp³-hybridized carbons (Fsp3) is 1.00. The van der Waals surface area contributed by atoms with E-state index in [2.05, 4.69) is 19.2 Å². The summed E-state index contributed by atoms with van der Waals surface area (Å²) < 4.78 is 0. The van der Waals surface area contributed by atoms with E-state index in [1.807, 2.05) is 0 Å². The molecule has 0 aromatic carbocycles. The lowest BCUT2D eigenvalue weighted by molar-refractivity contribution is 0.251. The van der Waals surface area contributed by atoms with Crippen LogP contribution in [0.3, 0.4) is 0 Å². The lowest BCUT2D eigenvalue weighted by atomic mass is 9.86. The molecule has 0 bridgehead atoms. The van der Waals surface area contributed by atoms with Crippen molar-refractivity contribution in [1.82, 2.24) is 5.32 Å². The summed E-state index contributed by atoms with van der Waals surface area (Å²) in [4.78, 5) is 0. The molecule has 0 aromatic heterocycles. The SMILES string of the molecule is C[C@H]1CC2(CCCCN2)C[C@@H]1C. The molecule has 0 unspecified atom stereocenters. The summed E-state index contributed by atoms with van der Waals surface area (Å²) in [7, 11) is 0. The molecule has 1 heteroatoms. The van der Waals surface area contributed by atoms with Gasteiger partial charge in [-0.2, -0.15) is 0 Å². The van der Waals surface area contributed by atoms with E-state index < -0.39 is 0 Å². The average Bonchev–Trinajstić information content (AvgIpc) is 2.29. The van der Waals surface area contributed by atoms with Gasteiger partial charge in [-0.25, -0.2) is 0 Å². The van der Waals surface area contributed by atoms with Gasteiger partial charge in [0.2, 0.25) is 0 Å². The maximum atomic E-state index is 3.76. The standard InChI is InChI=1S/C11H21N/c1-9-7-11(8-10(9)2)5-3-4-6-12-11/h9-10,12H,3-8H2,1-2H3/t9-,10-/m0/s1. The van der Waals surface area contributed by atoms with Crippen molar-refractivity contribution < 1.29 is 0 Å². The van der Waals surface area contributed by atoms with Crippen molar-refractivity contribution in [2.75, 3.05) is 6.54 Å². The van der Waals surface area contributed by atoms with Crippen molar-refractivity contribution in [2.45, 2.75) is 51.5 Å². The lowest BCUT2D eigenvalue weighted by Gasteiger charge is -2.35. The second kappa shape index (κ2) is 3.02. The first-order chi connectivity index (χ1) is 5.72. The molecule has 12 heavy (non-hydrogen) atoms. The van der Waals surface area contributed by atoms with Crippen LogP contribution in [0.2, 0.25) is 0 Å². The summed E-state index contributed by atoms with van der Waals surface area (Å²) in [5.74, 6) is 1.88. The molecular weight excluding hydrogens is 146 g/mol. The van der Waals surface area contributed by atoms with Gasteiger partial charge in [-0.05, 0) is 44.1 Å². The molecule has 0 amide bonds. The highest BCUT2D eigenvalue weighted by molar-refractivity contribution is 4.99. The van der Waals surface area contributed by atoms with Gasteiger partial charge in [0.25, 0.3) is 0 Å². The van der Waals surface area contributed by atoms with E-state index in [0.29, 0.717) is 5.54 Å². The molecule has 1 saturated heterocycles. The minimum Gasteiger partial charge on any atom is -0.311 e. The van der Waals surface area contributed by atoms with Gasteiger partial charge in [0.1, 0.15) is 0 Å². The molecule has 2 rings (SSSR count). The predicted octanol–water partition coefficient (Wildman–Crippen LogP) is 2.56. The Kier molecular flexibility index (Phi) is 2.16. The highest BCUT2D eigenvalue weighted by Gasteiger charge is 2.41. The van der Waals surface area contributed by atoms with Crippen LogP contribution in [0.1, 0.15) is 46.0 Å². The number of rotatable bonds is 0. The van der Waals surface area contributed by atoms with E-state index in [1.165, 1.54) is 38.6 Å². The van der Waals surface area contributed by atoms with Gasteiger partial charge in [0.15, 0.2) is 0 Å². The second-order valence-electron chi connectivity index (χ2n) is 5.03. The van der Waals surface area contributed by atoms with Gasteiger partial charge in [0, 0.05) is 5.54 Å². The van der Waals surface area contributed by atoms with E-state index in [9.17, 15) is 0 Å². The Balaban J connectivity index is 2.02. The van der Waals surface area contributed by atoms with Crippen molar-refractivity contribution in [3.05, 3.63) is 0 Å². The van der Waals surface area contributed by atoms with Crippen molar-refractivity contribution >= 4 is 0 Å². The maximum Gasteiger partial charge on any atom is 0.0186 e. The molecule has 1 heterocycles. The summed E-state index contributed by atoms with van der Waals surface area (Å²) in [6.45, 7) is 6.09. The Hall–Kier alpha value is -0.0400. The minimum atomic E-state index is 0.567. The smallest absolute Gasteiger partial charge is 0.0186 e. The van der Waals surface area contributed by atoms with E-state index in [0.717, 1.165) is 11.8 Å². The topological polar surface area (TPSA) is 12.0 Å². The van der Waals surface area contributed by atoms with Crippen molar-refractivity contribution in [3.63, 3.8) is 0 Å². The van der Waals surface area contributed by atoms with Crippen LogP contribution in [0.15, 0.2) is 0 Å². The van der Waals surface area contributed by atoms with Crippen LogP contribution in [0.4, 0.5) is 0 Å². The van der Waals surface area contributed by atoms with Crippen LogP contribution < -0.4 is 5.32 Å². The quantitative estimate of drug-likeness (QED) is 0.584. The van der Waals surface area contributed by atoms with E-state index in [1.54, 1.807) is 0 Å². The van der Waals surface area contributed by atoms with Crippen LogP contribution in [0, 0.1) is 11.8 Å². The third-order valence-corrected chi connectivity index (χ3v) is 3.98. The van der Waals surface area contributed by atoms with E-state index >= 15 is 0 Å². The molecule has 1 nitrogen and oxygen atoms in total. The number of hydrogen-bond donors (Lipinski definition) is 1. The van der Waals surface area contributed by atoms with Gasteiger partial charge in [-0.15, -0.1) is 0 Å². The Morgan fingerprint density at radius 3 is 2.25 bits per heavy atom. The van der Waals surface area contributed by atoms with Crippen LogP contribution in [-0.2, 0) is 0 Å². The molecule has 2 atom stereocenters. The largest absolute Gasteiger partial charge is 0.311 e. The molecule has 2 aliphatic rings. The molecule has 1 spiro atoms. The summed E-state index contributed by atoms with van der Waals surface area (Å²) in [6, 6.07) is 0. The Morgan fingerprint density at radius 1 is 1.08 bits per heavy atom. The van der Waals surface area contributed by atoms with Gasteiger partial charge < -0.3 is 5.32 Å². The van der Waals surface area contributed by atoms with Crippen LogP contribution in [-0.4, -0.2) is 12.1 Å². The number of nitrogens with one attached hydrogen (secondary N) is 1. The molecule has 0 aromatic rings. The molecule has 1 saturated carbocycles. The highest BCUT2D eigenvalue weighted by atomic mass is 15.0. The molecule has 1 N–H and O–H groups in total. The first kappa shape index (κ1) is 8.55. The fourth-order valence-electron chi connectivity index (χ4n) is 3.10.